The van der Waals surface area contributed by atoms with Gasteiger partial charge in [-0.3, -0.25) is 0 Å². The first-order chi connectivity index (χ1) is 12.6. The molecule has 1 aromatic heterocycles. The maximum atomic E-state index is 11.5. The van der Waals surface area contributed by atoms with Gasteiger partial charge in [-0.05, 0) is 54.2 Å². The van der Waals surface area contributed by atoms with Crippen LogP contribution in [0.15, 0.2) is 53.6 Å². The Bertz CT molecular complexity index is 989. The van der Waals surface area contributed by atoms with Gasteiger partial charge in [0.05, 0.1) is 26.0 Å². The van der Waals surface area contributed by atoms with Gasteiger partial charge in [-0.2, -0.15) is 14.9 Å². The van der Waals surface area contributed by atoms with E-state index in [1.54, 1.807) is 37.6 Å². The molecule has 3 rings (SSSR count). The van der Waals surface area contributed by atoms with Crippen LogP contribution in [0, 0.1) is 4.77 Å². The topological polar surface area (TPSA) is 81.5 Å². The standard InChI is InChI=1S/C18H16N4O3S/c1-24-15-9-7-13(8-10-15)16-20-21-18(26)22(16)19-11-12-3-5-14(6-4-12)17(23)25-2/h3-11H,1-2H3,(H,21,26). The van der Waals surface area contributed by atoms with Crippen LogP contribution in [-0.4, -0.2) is 41.3 Å². The summed E-state index contributed by atoms with van der Waals surface area (Å²) in [5.74, 6) is 0.955. The number of carbonyl (C=O) groups excluding carboxylic acids is 1. The van der Waals surface area contributed by atoms with Crippen LogP contribution < -0.4 is 4.74 Å². The summed E-state index contributed by atoms with van der Waals surface area (Å²) < 4.78 is 11.7. The summed E-state index contributed by atoms with van der Waals surface area (Å²) in [6, 6.07) is 14.3. The molecule has 0 aliphatic rings. The highest BCUT2D eigenvalue weighted by Crippen LogP contribution is 2.20. The number of aromatic amines is 1. The highest BCUT2D eigenvalue weighted by atomic mass is 32.1. The maximum absolute atomic E-state index is 11.5. The third-order valence-electron chi connectivity index (χ3n) is 3.65. The van der Waals surface area contributed by atoms with Gasteiger partial charge in [0.15, 0.2) is 5.82 Å². The number of hydrogen-bond donors (Lipinski definition) is 1. The molecular weight excluding hydrogens is 352 g/mol. The Labute approximate surface area is 154 Å². The minimum atomic E-state index is -0.382. The van der Waals surface area contributed by atoms with E-state index in [0.29, 0.717) is 16.2 Å². The quantitative estimate of drug-likeness (QED) is 0.425. The highest BCUT2D eigenvalue weighted by Gasteiger charge is 2.08. The van der Waals surface area contributed by atoms with Gasteiger partial charge in [0.1, 0.15) is 5.75 Å². The van der Waals surface area contributed by atoms with E-state index >= 15 is 0 Å². The molecule has 0 atom stereocenters. The number of ether oxygens (including phenoxy) is 2. The van der Waals surface area contributed by atoms with Crippen molar-refractivity contribution in [3.8, 4) is 17.1 Å². The molecule has 1 N–H and O–H groups in total. The molecule has 0 aliphatic heterocycles. The van der Waals surface area contributed by atoms with Crippen LogP contribution in [0.5, 0.6) is 5.75 Å². The van der Waals surface area contributed by atoms with Crippen molar-refractivity contribution in [1.29, 1.82) is 0 Å². The van der Waals surface area contributed by atoms with Crippen molar-refractivity contribution in [1.82, 2.24) is 14.9 Å². The summed E-state index contributed by atoms with van der Waals surface area (Å²) in [5, 5.41) is 11.4. The van der Waals surface area contributed by atoms with Gasteiger partial charge in [0, 0.05) is 5.56 Å². The van der Waals surface area contributed by atoms with Gasteiger partial charge < -0.3 is 9.47 Å². The molecule has 26 heavy (non-hydrogen) atoms. The molecule has 8 heteroatoms. The van der Waals surface area contributed by atoms with Crippen molar-refractivity contribution in [2.45, 2.75) is 0 Å². The predicted octanol–water partition coefficient (Wildman–Crippen LogP) is 3.29. The van der Waals surface area contributed by atoms with Crippen molar-refractivity contribution in [3.05, 3.63) is 64.4 Å². The number of H-pyrrole nitrogens is 1. The lowest BCUT2D eigenvalue weighted by Gasteiger charge is -2.03. The normalized spacial score (nSPS) is 10.8. The van der Waals surface area contributed by atoms with Gasteiger partial charge in [-0.1, -0.05) is 12.1 Å². The molecule has 0 amide bonds. The monoisotopic (exact) mass is 368 g/mol. The van der Waals surface area contributed by atoms with Crippen LogP contribution in [0.3, 0.4) is 0 Å². The summed E-state index contributed by atoms with van der Waals surface area (Å²) in [4.78, 5) is 11.5. The van der Waals surface area contributed by atoms with Crippen molar-refractivity contribution >= 4 is 24.4 Å². The Morgan fingerprint density at radius 1 is 1.15 bits per heavy atom. The Morgan fingerprint density at radius 3 is 2.46 bits per heavy atom. The van der Waals surface area contributed by atoms with Gasteiger partial charge >= 0.3 is 5.97 Å². The third-order valence-corrected chi connectivity index (χ3v) is 3.92. The summed E-state index contributed by atoms with van der Waals surface area (Å²) in [7, 11) is 2.96. The first-order valence-corrected chi connectivity index (χ1v) is 8.08. The van der Waals surface area contributed by atoms with Crippen molar-refractivity contribution in [2.75, 3.05) is 14.2 Å². The van der Waals surface area contributed by atoms with Crippen LogP contribution in [0.1, 0.15) is 15.9 Å². The number of carbonyl (C=O) groups is 1. The molecule has 1 heterocycles. The van der Waals surface area contributed by atoms with E-state index in [2.05, 4.69) is 20.0 Å². The third kappa shape index (κ3) is 3.70. The molecule has 0 unspecified atom stereocenters. The van der Waals surface area contributed by atoms with Crippen molar-refractivity contribution in [3.63, 3.8) is 0 Å². The molecule has 0 fully saturated rings. The number of nitrogens with one attached hydrogen (secondary N) is 1. The maximum Gasteiger partial charge on any atom is 0.337 e. The van der Waals surface area contributed by atoms with Gasteiger partial charge in [-0.15, -0.1) is 0 Å². The van der Waals surface area contributed by atoms with E-state index in [1.807, 2.05) is 24.3 Å². The molecular formula is C18H16N4O3S. The fourth-order valence-corrected chi connectivity index (χ4v) is 2.45. The van der Waals surface area contributed by atoms with Crippen LogP contribution >= 0.6 is 12.2 Å². The molecule has 0 spiro atoms. The molecule has 0 saturated heterocycles. The minimum Gasteiger partial charge on any atom is -0.497 e. The first kappa shape index (κ1) is 17.6. The number of nitrogens with zero attached hydrogens (tertiary/aromatic N) is 3. The number of benzene rings is 2. The van der Waals surface area contributed by atoms with Gasteiger partial charge in [-0.25, -0.2) is 9.89 Å². The number of methoxy groups -OCH3 is 2. The van der Waals surface area contributed by atoms with Gasteiger partial charge in [0.2, 0.25) is 4.77 Å². The van der Waals surface area contributed by atoms with Crippen molar-refractivity contribution in [2.24, 2.45) is 5.10 Å². The van der Waals surface area contributed by atoms with E-state index in [0.717, 1.165) is 16.9 Å². The zero-order chi connectivity index (χ0) is 18.5. The van der Waals surface area contributed by atoms with Gasteiger partial charge in [0.25, 0.3) is 0 Å². The van der Waals surface area contributed by atoms with Crippen LogP contribution in [0.2, 0.25) is 0 Å². The Morgan fingerprint density at radius 2 is 1.85 bits per heavy atom. The lowest BCUT2D eigenvalue weighted by Crippen LogP contribution is -2.01. The average Bonchev–Trinajstić information content (AvgIpc) is 3.06. The number of rotatable bonds is 5. The molecule has 7 nitrogen and oxygen atoms in total. The Kier molecular flexibility index (Phi) is 5.23. The number of hydrogen-bond acceptors (Lipinski definition) is 6. The first-order valence-electron chi connectivity index (χ1n) is 7.67. The molecule has 0 bridgehead atoms. The molecule has 0 saturated carbocycles. The highest BCUT2D eigenvalue weighted by molar-refractivity contribution is 7.71. The fraction of sp³-hybridized carbons (Fsp3) is 0.111. The molecule has 3 aromatic rings. The average molecular weight is 368 g/mol. The second-order valence-corrected chi connectivity index (χ2v) is 5.64. The second-order valence-electron chi connectivity index (χ2n) is 5.25. The van der Waals surface area contributed by atoms with E-state index in [9.17, 15) is 4.79 Å². The Balaban J connectivity index is 1.88. The smallest absolute Gasteiger partial charge is 0.337 e. The van der Waals surface area contributed by atoms with Crippen LogP contribution in [-0.2, 0) is 4.74 Å². The molecule has 132 valence electrons. The second kappa shape index (κ2) is 7.75. The molecule has 0 radical (unpaired) electrons. The number of esters is 1. The lowest BCUT2D eigenvalue weighted by atomic mass is 10.1. The SMILES string of the molecule is COC(=O)c1ccc(C=Nn2c(-c3ccc(OC)cc3)n[nH]c2=S)cc1. The summed E-state index contributed by atoms with van der Waals surface area (Å²) in [5.41, 5.74) is 2.13. The minimum absolute atomic E-state index is 0.373. The fourth-order valence-electron chi connectivity index (χ4n) is 2.27. The molecule has 2 aromatic carbocycles. The van der Waals surface area contributed by atoms with E-state index in [-0.39, 0.29) is 5.97 Å². The summed E-state index contributed by atoms with van der Waals surface area (Å²) >= 11 is 5.25. The predicted molar refractivity (Wildman–Crippen MR) is 100 cm³/mol. The van der Waals surface area contributed by atoms with Crippen LogP contribution in [0.25, 0.3) is 11.4 Å². The van der Waals surface area contributed by atoms with Crippen LogP contribution in [0.4, 0.5) is 0 Å². The lowest BCUT2D eigenvalue weighted by molar-refractivity contribution is 0.0600. The van der Waals surface area contributed by atoms with Crippen molar-refractivity contribution < 1.29 is 14.3 Å². The zero-order valence-electron chi connectivity index (χ0n) is 14.2. The number of aromatic nitrogens is 3. The summed E-state index contributed by atoms with van der Waals surface area (Å²) in [6.07, 6.45) is 1.64. The molecule has 0 aliphatic carbocycles. The van der Waals surface area contributed by atoms with E-state index < -0.39 is 0 Å². The largest absolute Gasteiger partial charge is 0.497 e. The van der Waals surface area contributed by atoms with E-state index in [1.165, 1.54) is 11.8 Å². The summed E-state index contributed by atoms with van der Waals surface area (Å²) in [6.45, 7) is 0. The zero-order valence-corrected chi connectivity index (χ0v) is 15.0. The Hall–Kier alpha value is -3.26. The van der Waals surface area contributed by atoms with E-state index in [4.69, 9.17) is 17.0 Å².